The molecule has 0 fully saturated rings. The van der Waals surface area contributed by atoms with Gasteiger partial charge in [0.2, 0.25) is 0 Å². The molecular formula is C11H17NO. The highest BCUT2D eigenvalue weighted by Crippen LogP contribution is 2.05. The third-order valence-corrected chi connectivity index (χ3v) is 2.10. The molecule has 0 aliphatic rings. The van der Waals surface area contributed by atoms with E-state index in [4.69, 9.17) is 4.84 Å². The molecule has 1 aromatic rings. The van der Waals surface area contributed by atoms with Gasteiger partial charge < -0.3 is 4.84 Å². The molecule has 0 saturated heterocycles. The first-order chi connectivity index (χ1) is 6.36. The maximum Gasteiger partial charge on any atom is 0.0572 e. The molecule has 0 amide bonds. The lowest BCUT2D eigenvalue weighted by atomic mass is 10.1. The van der Waals surface area contributed by atoms with Gasteiger partial charge in [0.15, 0.2) is 0 Å². The topological polar surface area (TPSA) is 21.3 Å². The number of rotatable bonds is 5. The molecule has 0 aromatic heterocycles. The molecule has 0 spiro atoms. The maximum absolute atomic E-state index is 4.92. The molecule has 1 unspecified atom stereocenters. The summed E-state index contributed by atoms with van der Waals surface area (Å²) >= 11 is 0. The molecule has 1 N–H and O–H groups in total. The second-order valence-corrected chi connectivity index (χ2v) is 3.12. The van der Waals surface area contributed by atoms with E-state index in [2.05, 4.69) is 36.7 Å². The van der Waals surface area contributed by atoms with Crippen molar-refractivity contribution in [3.8, 4) is 0 Å². The van der Waals surface area contributed by atoms with Crippen molar-refractivity contribution in [1.82, 2.24) is 5.48 Å². The molecule has 2 heteroatoms. The van der Waals surface area contributed by atoms with Crippen molar-refractivity contribution >= 4 is 0 Å². The van der Waals surface area contributed by atoms with E-state index in [1.165, 1.54) is 5.56 Å². The normalized spacial score (nSPS) is 12.8. The van der Waals surface area contributed by atoms with Crippen molar-refractivity contribution in [2.24, 2.45) is 0 Å². The van der Waals surface area contributed by atoms with Crippen LogP contribution in [0.25, 0.3) is 0 Å². The summed E-state index contributed by atoms with van der Waals surface area (Å²) in [4.78, 5) is 4.92. The Labute approximate surface area is 79.9 Å². The van der Waals surface area contributed by atoms with Gasteiger partial charge in [-0.25, -0.2) is 0 Å². The molecule has 0 heterocycles. The van der Waals surface area contributed by atoms with Crippen molar-refractivity contribution in [1.29, 1.82) is 0 Å². The summed E-state index contributed by atoms with van der Waals surface area (Å²) in [7, 11) is 1.66. The van der Waals surface area contributed by atoms with Gasteiger partial charge in [-0.3, -0.25) is 0 Å². The average molecular weight is 179 g/mol. The molecule has 2 nitrogen and oxygen atoms in total. The van der Waals surface area contributed by atoms with Crippen LogP contribution in [-0.2, 0) is 11.3 Å². The van der Waals surface area contributed by atoms with Crippen LogP contribution in [-0.4, -0.2) is 13.2 Å². The fourth-order valence-corrected chi connectivity index (χ4v) is 1.33. The van der Waals surface area contributed by atoms with Crippen molar-refractivity contribution < 1.29 is 4.84 Å². The standard InChI is InChI=1S/C11H17NO/c1-3-11(12-13-2)9-10-7-5-4-6-8-10/h4-8,11-12H,3,9H2,1-2H3. The second-order valence-electron chi connectivity index (χ2n) is 3.12. The van der Waals surface area contributed by atoms with Gasteiger partial charge in [-0.1, -0.05) is 37.3 Å². The molecule has 1 aromatic carbocycles. The van der Waals surface area contributed by atoms with E-state index in [-0.39, 0.29) is 0 Å². The summed E-state index contributed by atoms with van der Waals surface area (Å²) < 4.78 is 0. The molecule has 13 heavy (non-hydrogen) atoms. The second kappa shape index (κ2) is 5.73. The van der Waals surface area contributed by atoms with Gasteiger partial charge in [0, 0.05) is 6.04 Å². The Hall–Kier alpha value is -0.860. The zero-order valence-electron chi connectivity index (χ0n) is 8.29. The van der Waals surface area contributed by atoms with Crippen molar-refractivity contribution in [2.45, 2.75) is 25.8 Å². The van der Waals surface area contributed by atoms with Gasteiger partial charge in [0.05, 0.1) is 7.11 Å². The van der Waals surface area contributed by atoms with Gasteiger partial charge >= 0.3 is 0 Å². The van der Waals surface area contributed by atoms with Gasteiger partial charge in [0.1, 0.15) is 0 Å². The minimum Gasteiger partial charge on any atom is -0.305 e. The Balaban J connectivity index is 2.46. The van der Waals surface area contributed by atoms with Gasteiger partial charge in [-0.05, 0) is 18.4 Å². The lowest BCUT2D eigenvalue weighted by Gasteiger charge is -2.14. The summed E-state index contributed by atoms with van der Waals surface area (Å²) in [6, 6.07) is 10.9. The minimum atomic E-state index is 0.410. The summed E-state index contributed by atoms with van der Waals surface area (Å²) in [5, 5.41) is 0. The van der Waals surface area contributed by atoms with E-state index in [0.717, 1.165) is 12.8 Å². The molecular weight excluding hydrogens is 162 g/mol. The first-order valence-electron chi connectivity index (χ1n) is 4.69. The van der Waals surface area contributed by atoms with E-state index < -0.39 is 0 Å². The van der Waals surface area contributed by atoms with Gasteiger partial charge in [-0.15, -0.1) is 0 Å². The number of hydrogen-bond donors (Lipinski definition) is 1. The number of nitrogens with one attached hydrogen (secondary N) is 1. The smallest absolute Gasteiger partial charge is 0.0572 e. The van der Waals surface area contributed by atoms with E-state index in [9.17, 15) is 0 Å². The highest BCUT2D eigenvalue weighted by atomic mass is 16.6. The Morgan fingerprint density at radius 3 is 2.54 bits per heavy atom. The Morgan fingerprint density at radius 1 is 1.31 bits per heavy atom. The summed E-state index contributed by atoms with van der Waals surface area (Å²) in [6.07, 6.45) is 2.09. The molecule has 1 rings (SSSR count). The van der Waals surface area contributed by atoms with E-state index in [1.807, 2.05) is 6.07 Å². The summed E-state index contributed by atoms with van der Waals surface area (Å²) in [5.41, 5.74) is 4.33. The average Bonchev–Trinajstić information content (AvgIpc) is 2.19. The van der Waals surface area contributed by atoms with Crippen LogP contribution in [0.4, 0.5) is 0 Å². The molecule has 1 atom stereocenters. The van der Waals surface area contributed by atoms with Crippen molar-refractivity contribution in [3.63, 3.8) is 0 Å². The van der Waals surface area contributed by atoms with E-state index in [0.29, 0.717) is 6.04 Å². The highest BCUT2D eigenvalue weighted by Gasteiger charge is 2.05. The highest BCUT2D eigenvalue weighted by molar-refractivity contribution is 5.15. The minimum absolute atomic E-state index is 0.410. The summed E-state index contributed by atoms with van der Waals surface area (Å²) in [6.45, 7) is 2.15. The lowest BCUT2D eigenvalue weighted by molar-refractivity contribution is 0.0596. The molecule has 0 saturated carbocycles. The van der Waals surface area contributed by atoms with Crippen LogP contribution in [0.5, 0.6) is 0 Å². The first kappa shape index (κ1) is 10.2. The van der Waals surface area contributed by atoms with Crippen molar-refractivity contribution in [2.75, 3.05) is 7.11 Å². The monoisotopic (exact) mass is 179 g/mol. The van der Waals surface area contributed by atoms with Crippen LogP contribution >= 0.6 is 0 Å². The van der Waals surface area contributed by atoms with Crippen LogP contribution in [0.15, 0.2) is 30.3 Å². The molecule has 0 radical (unpaired) electrons. The van der Waals surface area contributed by atoms with Gasteiger partial charge in [-0.2, -0.15) is 5.48 Å². The Morgan fingerprint density at radius 2 is 2.00 bits per heavy atom. The molecule has 72 valence electrons. The van der Waals surface area contributed by atoms with Gasteiger partial charge in [0.25, 0.3) is 0 Å². The fraction of sp³-hybridized carbons (Fsp3) is 0.455. The van der Waals surface area contributed by atoms with E-state index >= 15 is 0 Å². The third-order valence-electron chi connectivity index (χ3n) is 2.10. The maximum atomic E-state index is 4.92. The van der Waals surface area contributed by atoms with Crippen LogP contribution in [0.1, 0.15) is 18.9 Å². The molecule has 0 aliphatic heterocycles. The van der Waals surface area contributed by atoms with E-state index in [1.54, 1.807) is 7.11 Å². The number of hydroxylamine groups is 1. The van der Waals surface area contributed by atoms with Crippen LogP contribution in [0.3, 0.4) is 0 Å². The predicted molar refractivity (Wildman–Crippen MR) is 54.4 cm³/mol. The Bertz CT molecular complexity index is 223. The molecule has 0 aliphatic carbocycles. The molecule has 0 bridgehead atoms. The third kappa shape index (κ3) is 3.57. The van der Waals surface area contributed by atoms with Crippen molar-refractivity contribution in [3.05, 3.63) is 35.9 Å². The van der Waals surface area contributed by atoms with Crippen LogP contribution in [0, 0.1) is 0 Å². The SMILES string of the molecule is CCC(Cc1ccccc1)NOC. The zero-order valence-corrected chi connectivity index (χ0v) is 8.29. The summed E-state index contributed by atoms with van der Waals surface area (Å²) in [5.74, 6) is 0. The largest absolute Gasteiger partial charge is 0.305 e. The zero-order chi connectivity index (χ0) is 9.52. The van der Waals surface area contributed by atoms with Crippen LogP contribution < -0.4 is 5.48 Å². The number of hydrogen-bond acceptors (Lipinski definition) is 2. The van der Waals surface area contributed by atoms with Crippen LogP contribution in [0.2, 0.25) is 0 Å². The Kier molecular flexibility index (Phi) is 4.50. The number of benzene rings is 1. The predicted octanol–water partition coefficient (Wildman–Crippen LogP) is 2.16. The quantitative estimate of drug-likeness (QED) is 0.699. The fourth-order valence-electron chi connectivity index (χ4n) is 1.33. The first-order valence-corrected chi connectivity index (χ1v) is 4.69. The lowest BCUT2D eigenvalue weighted by Crippen LogP contribution is -2.29.